The molecule has 0 aliphatic heterocycles. The van der Waals surface area contributed by atoms with E-state index in [9.17, 15) is 4.79 Å². The lowest BCUT2D eigenvalue weighted by atomic mass is 10.3. The number of carbonyl (C=O) groups is 1. The van der Waals surface area contributed by atoms with Crippen LogP contribution in [0, 0.1) is 0 Å². The van der Waals surface area contributed by atoms with Crippen molar-refractivity contribution in [1.29, 1.82) is 0 Å². The molecule has 17 heavy (non-hydrogen) atoms. The van der Waals surface area contributed by atoms with E-state index < -0.39 is 0 Å². The van der Waals surface area contributed by atoms with Crippen LogP contribution in [0.1, 0.15) is 6.92 Å². The standard InChI is InChI=1S/C12H14N4O/c1-10(17)13-6-8-16-9-7-15-12(16)11-4-2-3-5-14-11/h2-5,7,9H,6,8H2,1H3,(H,13,17). The highest BCUT2D eigenvalue weighted by atomic mass is 16.1. The minimum atomic E-state index is -0.0236. The van der Waals surface area contributed by atoms with E-state index in [0.29, 0.717) is 13.1 Å². The number of hydrogen-bond acceptors (Lipinski definition) is 3. The maximum atomic E-state index is 10.8. The van der Waals surface area contributed by atoms with E-state index in [2.05, 4.69) is 15.3 Å². The van der Waals surface area contributed by atoms with Crippen LogP contribution in [-0.2, 0) is 11.3 Å². The number of imidazole rings is 1. The van der Waals surface area contributed by atoms with Gasteiger partial charge in [-0.15, -0.1) is 0 Å². The Labute approximate surface area is 99.5 Å². The summed E-state index contributed by atoms with van der Waals surface area (Å²) in [5.41, 5.74) is 0.834. The summed E-state index contributed by atoms with van der Waals surface area (Å²) in [6.07, 6.45) is 5.35. The molecule has 2 rings (SSSR count). The van der Waals surface area contributed by atoms with Gasteiger partial charge in [-0.2, -0.15) is 0 Å². The molecule has 2 aromatic rings. The molecule has 2 aromatic heterocycles. The zero-order valence-electron chi connectivity index (χ0n) is 9.63. The van der Waals surface area contributed by atoms with Crippen LogP contribution in [0.2, 0.25) is 0 Å². The van der Waals surface area contributed by atoms with Gasteiger partial charge in [0.2, 0.25) is 5.91 Å². The van der Waals surface area contributed by atoms with Gasteiger partial charge in [-0.1, -0.05) is 6.07 Å². The second kappa shape index (κ2) is 5.25. The first kappa shape index (κ1) is 11.3. The van der Waals surface area contributed by atoms with E-state index in [1.165, 1.54) is 6.92 Å². The topological polar surface area (TPSA) is 59.8 Å². The molecular formula is C12H14N4O. The van der Waals surface area contributed by atoms with E-state index in [-0.39, 0.29) is 5.91 Å². The largest absolute Gasteiger partial charge is 0.355 e. The minimum Gasteiger partial charge on any atom is -0.355 e. The van der Waals surface area contributed by atoms with Gasteiger partial charge in [0.1, 0.15) is 5.69 Å². The highest BCUT2D eigenvalue weighted by Gasteiger charge is 2.05. The normalized spacial score (nSPS) is 10.2. The van der Waals surface area contributed by atoms with E-state index in [1.807, 2.05) is 29.0 Å². The van der Waals surface area contributed by atoms with Crippen LogP contribution in [0.15, 0.2) is 36.8 Å². The summed E-state index contributed by atoms with van der Waals surface area (Å²) < 4.78 is 1.97. The molecule has 0 unspecified atom stereocenters. The first-order chi connectivity index (χ1) is 8.27. The summed E-state index contributed by atoms with van der Waals surface area (Å²) in [7, 11) is 0. The maximum absolute atomic E-state index is 10.8. The van der Waals surface area contributed by atoms with Crippen molar-refractivity contribution >= 4 is 5.91 Å². The molecule has 88 valence electrons. The third-order valence-corrected chi connectivity index (χ3v) is 2.34. The Kier molecular flexibility index (Phi) is 3.49. The Morgan fingerprint density at radius 1 is 1.35 bits per heavy atom. The third kappa shape index (κ3) is 2.90. The molecular weight excluding hydrogens is 216 g/mol. The number of pyridine rings is 1. The van der Waals surface area contributed by atoms with Crippen molar-refractivity contribution in [1.82, 2.24) is 19.9 Å². The summed E-state index contributed by atoms with van der Waals surface area (Å²) in [6, 6.07) is 5.71. The smallest absolute Gasteiger partial charge is 0.216 e. The zero-order chi connectivity index (χ0) is 12.1. The van der Waals surface area contributed by atoms with Gasteiger partial charge in [0.05, 0.1) is 0 Å². The van der Waals surface area contributed by atoms with E-state index >= 15 is 0 Å². The number of nitrogens with zero attached hydrogens (tertiary/aromatic N) is 3. The number of aromatic nitrogens is 3. The highest BCUT2D eigenvalue weighted by molar-refractivity contribution is 5.72. The van der Waals surface area contributed by atoms with Gasteiger partial charge in [0, 0.05) is 38.6 Å². The fourth-order valence-corrected chi connectivity index (χ4v) is 1.57. The van der Waals surface area contributed by atoms with Gasteiger partial charge in [-0.25, -0.2) is 4.98 Å². The highest BCUT2D eigenvalue weighted by Crippen LogP contribution is 2.13. The summed E-state index contributed by atoms with van der Waals surface area (Å²) in [5.74, 6) is 0.792. The SMILES string of the molecule is CC(=O)NCCn1ccnc1-c1ccccn1. The molecule has 0 aliphatic carbocycles. The molecule has 5 nitrogen and oxygen atoms in total. The van der Waals surface area contributed by atoms with Crippen molar-refractivity contribution in [3.05, 3.63) is 36.8 Å². The van der Waals surface area contributed by atoms with Gasteiger partial charge in [-0.3, -0.25) is 9.78 Å². The van der Waals surface area contributed by atoms with E-state index in [1.54, 1.807) is 12.4 Å². The Morgan fingerprint density at radius 3 is 2.94 bits per heavy atom. The summed E-state index contributed by atoms with van der Waals surface area (Å²) in [4.78, 5) is 19.3. The summed E-state index contributed by atoms with van der Waals surface area (Å²) in [5, 5.41) is 2.75. The van der Waals surface area contributed by atoms with Crippen LogP contribution in [0.4, 0.5) is 0 Å². The molecule has 0 aliphatic rings. The van der Waals surface area contributed by atoms with Crippen molar-refractivity contribution in [2.24, 2.45) is 0 Å². The average molecular weight is 230 g/mol. The lowest BCUT2D eigenvalue weighted by Gasteiger charge is -2.07. The van der Waals surface area contributed by atoms with Crippen LogP contribution in [0.5, 0.6) is 0 Å². The molecule has 0 bridgehead atoms. The number of hydrogen-bond donors (Lipinski definition) is 1. The zero-order valence-corrected chi connectivity index (χ0v) is 9.63. The van der Waals surface area contributed by atoms with Crippen LogP contribution in [0.3, 0.4) is 0 Å². The molecule has 0 saturated carbocycles. The van der Waals surface area contributed by atoms with Gasteiger partial charge in [0.15, 0.2) is 5.82 Å². The molecule has 0 atom stereocenters. The quantitative estimate of drug-likeness (QED) is 0.855. The molecule has 5 heteroatoms. The molecule has 0 fully saturated rings. The van der Waals surface area contributed by atoms with E-state index in [4.69, 9.17) is 0 Å². The summed E-state index contributed by atoms with van der Waals surface area (Å²) >= 11 is 0. The molecule has 0 aromatic carbocycles. The fraction of sp³-hybridized carbons (Fsp3) is 0.250. The van der Waals surface area contributed by atoms with Gasteiger partial charge in [0.25, 0.3) is 0 Å². The van der Waals surface area contributed by atoms with Crippen LogP contribution in [0.25, 0.3) is 11.5 Å². The molecule has 2 heterocycles. The molecule has 0 radical (unpaired) electrons. The number of carbonyl (C=O) groups excluding carboxylic acids is 1. The second-order valence-electron chi connectivity index (χ2n) is 3.64. The predicted octanol–water partition coefficient (Wildman–Crippen LogP) is 1.08. The number of nitrogens with one attached hydrogen (secondary N) is 1. The first-order valence-corrected chi connectivity index (χ1v) is 5.44. The van der Waals surface area contributed by atoms with Gasteiger partial charge >= 0.3 is 0 Å². The van der Waals surface area contributed by atoms with Gasteiger partial charge in [-0.05, 0) is 12.1 Å². The Hall–Kier alpha value is -2.17. The van der Waals surface area contributed by atoms with Crippen LogP contribution < -0.4 is 5.32 Å². The van der Waals surface area contributed by atoms with Gasteiger partial charge < -0.3 is 9.88 Å². The summed E-state index contributed by atoms with van der Waals surface area (Å²) in [6.45, 7) is 2.78. The van der Waals surface area contributed by atoms with Crippen molar-refractivity contribution in [3.8, 4) is 11.5 Å². The molecule has 0 saturated heterocycles. The minimum absolute atomic E-state index is 0.0236. The molecule has 1 amide bonds. The van der Waals surface area contributed by atoms with E-state index in [0.717, 1.165) is 11.5 Å². The Bertz CT molecular complexity index is 492. The second-order valence-corrected chi connectivity index (χ2v) is 3.64. The Balaban J connectivity index is 2.10. The van der Waals surface area contributed by atoms with Crippen molar-refractivity contribution in [3.63, 3.8) is 0 Å². The third-order valence-electron chi connectivity index (χ3n) is 2.34. The van der Waals surface area contributed by atoms with Crippen LogP contribution >= 0.6 is 0 Å². The van der Waals surface area contributed by atoms with Crippen LogP contribution in [-0.4, -0.2) is 27.0 Å². The Morgan fingerprint density at radius 2 is 2.24 bits per heavy atom. The number of amides is 1. The maximum Gasteiger partial charge on any atom is 0.216 e. The predicted molar refractivity (Wildman–Crippen MR) is 64.1 cm³/mol. The average Bonchev–Trinajstić information content (AvgIpc) is 2.78. The molecule has 1 N–H and O–H groups in total. The fourth-order valence-electron chi connectivity index (χ4n) is 1.57. The molecule has 0 spiro atoms. The first-order valence-electron chi connectivity index (χ1n) is 5.44. The lowest BCUT2D eigenvalue weighted by molar-refractivity contribution is -0.118. The monoisotopic (exact) mass is 230 g/mol. The van der Waals surface area contributed by atoms with Crippen molar-refractivity contribution in [2.45, 2.75) is 13.5 Å². The van der Waals surface area contributed by atoms with Crippen molar-refractivity contribution in [2.75, 3.05) is 6.54 Å². The number of rotatable bonds is 4. The lowest BCUT2D eigenvalue weighted by Crippen LogP contribution is -2.24. The van der Waals surface area contributed by atoms with Crippen molar-refractivity contribution < 1.29 is 4.79 Å².